The lowest BCUT2D eigenvalue weighted by atomic mass is 10.1. The monoisotopic (exact) mass is 478 g/mol. The number of hydrogen-bond donors (Lipinski definition) is 1. The molecule has 0 fully saturated rings. The largest absolute Gasteiger partial charge is 0.416 e. The van der Waals surface area contributed by atoms with Crippen LogP contribution in [0.25, 0.3) is 5.82 Å². The third-order valence-electron chi connectivity index (χ3n) is 4.10. The first-order valence-electron chi connectivity index (χ1n) is 8.57. The Morgan fingerprint density at radius 2 is 2.03 bits per heavy atom. The fourth-order valence-electron chi connectivity index (χ4n) is 2.62. The van der Waals surface area contributed by atoms with Gasteiger partial charge in [-0.1, -0.05) is 15.9 Å². The molecule has 0 saturated carbocycles. The van der Waals surface area contributed by atoms with Gasteiger partial charge in [0.15, 0.2) is 11.6 Å². The van der Waals surface area contributed by atoms with Gasteiger partial charge in [-0.2, -0.15) is 23.1 Å². The second kappa shape index (κ2) is 8.23. The van der Waals surface area contributed by atoms with Crippen LogP contribution in [0.5, 0.6) is 0 Å². The summed E-state index contributed by atoms with van der Waals surface area (Å²) in [6.45, 7) is 3.31. The van der Waals surface area contributed by atoms with Gasteiger partial charge in [0.05, 0.1) is 17.2 Å². The Balaban J connectivity index is 1.81. The van der Waals surface area contributed by atoms with E-state index in [1.807, 2.05) is 6.07 Å². The summed E-state index contributed by atoms with van der Waals surface area (Å²) in [4.78, 5) is 20.9. The molecule has 3 rings (SSSR count). The standard InChI is InChI=1S/C19H14BrF3N6O/c1-10(26-18(30)13-5-14(19(21,22)23)7-15(20)6-13)17-27-11(2)29(28-17)16-4-3-12(8-24)9-25-16/h3-7,9-10H,1-2H3,(H,26,30). The molecular formula is C19H14BrF3N6O. The van der Waals surface area contributed by atoms with Gasteiger partial charge in [-0.15, -0.1) is 5.10 Å². The second-order valence-electron chi connectivity index (χ2n) is 6.37. The molecule has 0 saturated heterocycles. The molecule has 0 spiro atoms. The van der Waals surface area contributed by atoms with E-state index in [1.54, 1.807) is 26.0 Å². The molecule has 0 aliphatic carbocycles. The van der Waals surface area contributed by atoms with Gasteiger partial charge in [0, 0.05) is 16.2 Å². The number of halogens is 4. The zero-order valence-electron chi connectivity index (χ0n) is 15.7. The molecule has 0 radical (unpaired) electrons. The lowest BCUT2D eigenvalue weighted by Crippen LogP contribution is -2.28. The summed E-state index contributed by atoms with van der Waals surface area (Å²) in [5.74, 6) is 0.494. The van der Waals surface area contributed by atoms with Crippen molar-refractivity contribution in [1.29, 1.82) is 5.26 Å². The molecule has 30 heavy (non-hydrogen) atoms. The predicted octanol–water partition coefficient (Wildman–Crippen LogP) is 4.11. The molecule has 7 nitrogen and oxygen atoms in total. The normalized spacial score (nSPS) is 12.3. The fourth-order valence-corrected chi connectivity index (χ4v) is 3.11. The van der Waals surface area contributed by atoms with Crippen LogP contribution in [0.3, 0.4) is 0 Å². The van der Waals surface area contributed by atoms with E-state index in [4.69, 9.17) is 5.26 Å². The van der Waals surface area contributed by atoms with E-state index in [1.165, 1.54) is 16.9 Å². The molecule has 0 aliphatic heterocycles. The van der Waals surface area contributed by atoms with E-state index in [0.29, 0.717) is 17.2 Å². The number of pyridine rings is 1. The van der Waals surface area contributed by atoms with Gasteiger partial charge in [-0.05, 0) is 44.2 Å². The topological polar surface area (TPSA) is 96.5 Å². The van der Waals surface area contributed by atoms with Crippen LogP contribution >= 0.6 is 15.9 Å². The van der Waals surface area contributed by atoms with Crippen molar-refractivity contribution in [2.45, 2.75) is 26.1 Å². The highest BCUT2D eigenvalue weighted by Gasteiger charge is 2.32. The summed E-state index contributed by atoms with van der Waals surface area (Å²) in [7, 11) is 0. The molecule has 0 aliphatic rings. The zero-order valence-corrected chi connectivity index (χ0v) is 17.3. The number of nitrogens with zero attached hydrogens (tertiary/aromatic N) is 5. The first-order chi connectivity index (χ1) is 14.1. The van der Waals surface area contributed by atoms with E-state index in [-0.39, 0.29) is 15.9 Å². The highest BCUT2D eigenvalue weighted by atomic mass is 79.9. The average Bonchev–Trinajstić information content (AvgIpc) is 3.08. The first-order valence-corrected chi connectivity index (χ1v) is 9.36. The molecule has 154 valence electrons. The smallest absolute Gasteiger partial charge is 0.342 e. The summed E-state index contributed by atoms with van der Waals surface area (Å²) >= 11 is 3.00. The average molecular weight is 479 g/mol. The number of aromatic nitrogens is 4. The van der Waals surface area contributed by atoms with Gasteiger partial charge in [-0.3, -0.25) is 4.79 Å². The van der Waals surface area contributed by atoms with Gasteiger partial charge in [0.2, 0.25) is 0 Å². The molecule has 1 aromatic carbocycles. The number of carbonyl (C=O) groups is 1. The number of carbonyl (C=O) groups excluding carboxylic acids is 1. The van der Waals surface area contributed by atoms with Gasteiger partial charge in [0.25, 0.3) is 5.91 Å². The van der Waals surface area contributed by atoms with Crippen molar-refractivity contribution in [1.82, 2.24) is 25.1 Å². The molecule has 0 bridgehead atoms. The maximum absolute atomic E-state index is 13.0. The molecule has 1 unspecified atom stereocenters. The Bertz CT molecular complexity index is 1130. The number of amides is 1. The van der Waals surface area contributed by atoms with Crippen LogP contribution in [-0.4, -0.2) is 25.7 Å². The lowest BCUT2D eigenvalue weighted by Gasteiger charge is -2.13. The SMILES string of the molecule is Cc1nc(C(C)NC(=O)c2cc(Br)cc(C(F)(F)F)c2)nn1-c1ccc(C#N)cn1. The fraction of sp³-hybridized carbons (Fsp3) is 0.211. The number of benzene rings is 1. The van der Waals surface area contributed by atoms with Crippen LogP contribution in [0.4, 0.5) is 13.2 Å². The quantitative estimate of drug-likeness (QED) is 0.608. The molecule has 1 N–H and O–H groups in total. The number of nitrogens with one attached hydrogen (secondary N) is 1. The van der Waals surface area contributed by atoms with Gasteiger partial charge in [0.1, 0.15) is 11.9 Å². The Morgan fingerprint density at radius 1 is 1.30 bits per heavy atom. The van der Waals surface area contributed by atoms with E-state index in [0.717, 1.165) is 12.1 Å². The minimum absolute atomic E-state index is 0.139. The number of alkyl halides is 3. The highest BCUT2D eigenvalue weighted by Crippen LogP contribution is 2.32. The number of aryl methyl sites for hydroxylation is 1. The molecular weight excluding hydrogens is 465 g/mol. The van der Waals surface area contributed by atoms with Crippen LogP contribution in [0.1, 0.15) is 46.1 Å². The highest BCUT2D eigenvalue weighted by molar-refractivity contribution is 9.10. The summed E-state index contributed by atoms with van der Waals surface area (Å²) in [5.41, 5.74) is -0.682. The Kier molecular flexibility index (Phi) is 5.89. The van der Waals surface area contributed by atoms with Crippen molar-refractivity contribution in [2.75, 3.05) is 0 Å². The van der Waals surface area contributed by atoms with Gasteiger partial charge >= 0.3 is 6.18 Å². The second-order valence-corrected chi connectivity index (χ2v) is 7.28. The Labute approximate surface area is 177 Å². The summed E-state index contributed by atoms with van der Waals surface area (Å²) in [5, 5.41) is 15.8. The minimum atomic E-state index is -4.57. The lowest BCUT2D eigenvalue weighted by molar-refractivity contribution is -0.137. The van der Waals surface area contributed by atoms with E-state index >= 15 is 0 Å². The van der Waals surface area contributed by atoms with Crippen LogP contribution in [0.15, 0.2) is 41.0 Å². The van der Waals surface area contributed by atoms with Crippen molar-refractivity contribution >= 4 is 21.8 Å². The summed E-state index contributed by atoms with van der Waals surface area (Å²) in [6.07, 6.45) is -3.18. The van der Waals surface area contributed by atoms with Crippen LogP contribution in [0, 0.1) is 18.3 Å². The summed E-state index contributed by atoms with van der Waals surface area (Å²) in [6, 6.07) is 7.46. The number of hydrogen-bond acceptors (Lipinski definition) is 5. The maximum Gasteiger partial charge on any atom is 0.416 e. The van der Waals surface area contributed by atoms with Crippen molar-refractivity contribution in [3.63, 3.8) is 0 Å². The maximum atomic E-state index is 13.0. The van der Waals surface area contributed by atoms with E-state index in [9.17, 15) is 18.0 Å². The molecule has 2 aromatic heterocycles. The summed E-state index contributed by atoms with van der Waals surface area (Å²) < 4.78 is 40.6. The molecule has 1 amide bonds. The minimum Gasteiger partial charge on any atom is -0.342 e. The molecule has 2 heterocycles. The van der Waals surface area contributed by atoms with Gasteiger partial charge in [-0.25, -0.2) is 9.97 Å². The first kappa shape index (κ1) is 21.4. The molecule has 3 aromatic rings. The zero-order chi connectivity index (χ0) is 22.1. The van der Waals surface area contributed by atoms with Crippen molar-refractivity contribution in [3.8, 4) is 11.9 Å². The number of rotatable bonds is 4. The third-order valence-corrected chi connectivity index (χ3v) is 4.56. The Morgan fingerprint density at radius 3 is 2.63 bits per heavy atom. The van der Waals surface area contributed by atoms with E-state index in [2.05, 4.69) is 36.3 Å². The Hall–Kier alpha value is -3.26. The predicted molar refractivity (Wildman–Crippen MR) is 104 cm³/mol. The van der Waals surface area contributed by atoms with E-state index < -0.39 is 23.7 Å². The number of nitriles is 1. The van der Waals surface area contributed by atoms with Crippen LogP contribution < -0.4 is 5.32 Å². The van der Waals surface area contributed by atoms with Crippen molar-refractivity contribution < 1.29 is 18.0 Å². The molecule has 11 heteroatoms. The third kappa shape index (κ3) is 4.65. The van der Waals surface area contributed by atoms with Crippen LogP contribution in [0.2, 0.25) is 0 Å². The van der Waals surface area contributed by atoms with Gasteiger partial charge < -0.3 is 5.32 Å². The van der Waals surface area contributed by atoms with Crippen molar-refractivity contribution in [2.24, 2.45) is 0 Å². The molecule has 1 atom stereocenters. The van der Waals surface area contributed by atoms with Crippen molar-refractivity contribution in [3.05, 3.63) is 69.3 Å². The van der Waals surface area contributed by atoms with Crippen LogP contribution in [-0.2, 0) is 6.18 Å².